The minimum absolute atomic E-state index is 0.0331. The molecule has 1 aliphatic carbocycles. The van der Waals surface area contributed by atoms with E-state index in [4.69, 9.17) is 5.11 Å². The second-order valence-corrected chi connectivity index (χ2v) is 5.18. The van der Waals surface area contributed by atoms with E-state index in [0.29, 0.717) is 12.3 Å². The van der Waals surface area contributed by atoms with Gasteiger partial charge < -0.3 is 5.11 Å². The maximum Gasteiger partial charge on any atom is 0.138 e. The monoisotopic (exact) mass is 184 g/mol. The van der Waals surface area contributed by atoms with Crippen molar-refractivity contribution in [1.82, 2.24) is 0 Å². The van der Waals surface area contributed by atoms with Crippen molar-refractivity contribution in [2.45, 2.75) is 40.0 Å². The highest BCUT2D eigenvalue weighted by Gasteiger charge is 2.34. The van der Waals surface area contributed by atoms with Crippen LogP contribution >= 0.6 is 0 Å². The van der Waals surface area contributed by atoms with E-state index in [2.05, 4.69) is 20.8 Å². The van der Waals surface area contributed by atoms with Crippen molar-refractivity contribution in [3.05, 3.63) is 0 Å². The molecule has 0 saturated heterocycles. The lowest BCUT2D eigenvalue weighted by atomic mass is 9.69. The number of hydrogen-bond donors (Lipinski definition) is 1. The molecule has 2 nitrogen and oxygen atoms in total. The van der Waals surface area contributed by atoms with Crippen molar-refractivity contribution in [3.63, 3.8) is 0 Å². The average Bonchev–Trinajstić information content (AvgIpc) is 2.03. The van der Waals surface area contributed by atoms with Gasteiger partial charge in [-0.05, 0) is 24.2 Å². The number of aliphatic hydroxyl groups is 1. The first-order valence-corrected chi connectivity index (χ1v) is 5.08. The van der Waals surface area contributed by atoms with Gasteiger partial charge in [0.25, 0.3) is 0 Å². The Bertz CT molecular complexity index is 191. The van der Waals surface area contributed by atoms with Crippen molar-refractivity contribution in [1.29, 1.82) is 0 Å². The first-order chi connectivity index (χ1) is 5.95. The van der Waals surface area contributed by atoms with E-state index in [-0.39, 0.29) is 23.7 Å². The highest BCUT2D eigenvalue weighted by atomic mass is 16.3. The number of Topliss-reactive ketones (excluding diaryl/α,β-unsaturated/α-hetero) is 1. The molecule has 0 radical (unpaired) electrons. The Morgan fingerprint density at radius 1 is 1.46 bits per heavy atom. The Morgan fingerprint density at radius 2 is 2.08 bits per heavy atom. The van der Waals surface area contributed by atoms with E-state index < -0.39 is 0 Å². The van der Waals surface area contributed by atoms with E-state index in [1.165, 1.54) is 0 Å². The summed E-state index contributed by atoms with van der Waals surface area (Å²) in [5, 5.41) is 9.02. The quantitative estimate of drug-likeness (QED) is 0.677. The average molecular weight is 184 g/mol. The van der Waals surface area contributed by atoms with E-state index in [0.717, 1.165) is 12.8 Å². The summed E-state index contributed by atoms with van der Waals surface area (Å²) in [6.07, 6.45) is 2.53. The minimum atomic E-state index is -0.0852. The molecule has 0 spiro atoms. The van der Waals surface area contributed by atoms with Crippen LogP contribution in [0.3, 0.4) is 0 Å². The molecule has 1 fully saturated rings. The molecule has 2 atom stereocenters. The van der Waals surface area contributed by atoms with Crippen LogP contribution in [0.25, 0.3) is 0 Å². The predicted molar refractivity (Wildman–Crippen MR) is 52.4 cm³/mol. The molecule has 0 aromatic rings. The summed E-state index contributed by atoms with van der Waals surface area (Å²) in [6, 6.07) is 0. The van der Waals surface area contributed by atoms with Crippen LogP contribution in [-0.2, 0) is 4.79 Å². The normalized spacial score (nSPS) is 30.6. The number of hydrogen-bond acceptors (Lipinski definition) is 2. The van der Waals surface area contributed by atoms with Gasteiger partial charge in [-0.25, -0.2) is 0 Å². The van der Waals surface area contributed by atoms with E-state index in [1.54, 1.807) is 0 Å². The van der Waals surface area contributed by atoms with Gasteiger partial charge in [0.05, 0.1) is 6.61 Å². The summed E-state index contributed by atoms with van der Waals surface area (Å²) < 4.78 is 0. The lowest BCUT2D eigenvalue weighted by Crippen LogP contribution is -2.33. The molecule has 0 bridgehead atoms. The number of carbonyl (C=O) groups excluding carboxylic acids is 1. The van der Waals surface area contributed by atoms with Crippen LogP contribution in [0.1, 0.15) is 40.0 Å². The van der Waals surface area contributed by atoms with E-state index in [9.17, 15) is 4.79 Å². The Labute approximate surface area is 80.3 Å². The molecule has 0 aromatic heterocycles. The van der Waals surface area contributed by atoms with Crippen LogP contribution in [0.5, 0.6) is 0 Å². The first-order valence-electron chi connectivity index (χ1n) is 5.08. The van der Waals surface area contributed by atoms with Gasteiger partial charge in [0.15, 0.2) is 0 Å². The van der Waals surface area contributed by atoms with Crippen molar-refractivity contribution < 1.29 is 9.90 Å². The lowest BCUT2D eigenvalue weighted by molar-refractivity contribution is -0.128. The van der Waals surface area contributed by atoms with E-state index >= 15 is 0 Å². The molecular formula is C11H20O2. The van der Waals surface area contributed by atoms with Crippen LogP contribution < -0.4 is 0 Å². The lowest BCUT2D eigenvalue weighted by Gasteiger charge is -2.36. The minimum Gasteiger partial charge on any atom is -0.396 e. The second-order valence-electron chi connectivity index (χ2n) is 5.18. The summed E-state index contributed by atoms with van der Waals surface area (Å²) in [7, 11) is 0. The second kappa shape index (κ2) is 3.79. The zero-order chi connectivity index (χ0) is 10.1. The Morgan fingerprint density at radius 3 is 2.54 bits per heavy atom. The molecule has 1 aliphatic rings. The Hall–Kier alpha value is -0.370. The fourth-order valence-corrected chi connectivity index (χ4v) is 2.08. The number of aliphatic hydroxyl groups excluding tert-OH is 1. The Balaban J connectivity index is 2.60. The third-order valence-electron chi connectivity index (χ3n) is 3.21. The fraction of sp³-hybridized carbons (Fsp3) is 0.909. The van der Waals surface area contributed by atoms with Gasteiger partial charge in [0.1, 0.15) is 5.78 Å². The zero-order valence-electron chi connectivity index (χ0n) is 8.84. The van der Waals surface area contributed by atoms with Gasteiger partial charge >= 0.3 is 0 Å². The summed E-state index contributed by atoms with van der Waals surface area (Å²) in [4.78, 5) is 11.3. The summed E-state index contributed by atoms with van der Waals surface area (Å²) >= 11 is 0. The third kappa shape index (κ3) is 2.53. The van der Waals surface area contributed by atoms with Gasteiger partial charge in [-0.1, -0.05) is 20.8 Å². The standard InChI is InChI=1S/C11H20O2/c1-11(2,3)9-4-5-10(13)8(6-9)7-12/h8-9,12H,4-7H2,1-3H3/t8-,9+/m1/s1. The van der Waals surface area contributed by atoms with Gasteiger partial charge in [-0.15, -0.1) is 0 Å². The van der Waals surface area contributed by atoms with Crippen molar-refractivity contribution in [2.24, 2.45) is 17.3 Å². The van der Waals surface area contributed by atoms with Crippen LogP contribution in [0, 0.1) is 17.3 Å². The molecule has 0 aliphatic heterocycles. The van der Waals surface area contributed by atoms with Crippen LogP contribution in [-0.4, -0.2) is 17.5 Å². The Kier molecular flexibility index (Phi) is 3.12. The maximum atomic E-state index is 11.3. The smallest absolute Gasteiger partial charge is 0.138 e. The zero-order valence-corrected chi connectivity index (χ0v) is 8.84. The predicted octanol–water partition coefficient (Wildman–Crippen LogP) is 2.01. The molecule has 2 heteroatoms. The van der Waals surface area contributed by atoms with E-state index in [1.807, 2.05) is 0 Å². The summed E-state index contributed by atoms with van der Waals surface area (Å²) in [5.41, 5.74) is 0.272. The molecule has 0 aromatic carbocycles. The summed E-state index contributed by atoms with van der Waals surface area (Å²) in [6.45, 7) is 6.66. The van der Waals surface area contributed by atoms with Crippen molar-refractivity contribution >= 4 is 5.78 Å². The molecule has 0 unspecified atom stereocenters. The summed E-state index contributed by atoms with van der Waals surface area (Å²) in [5.74, 6) is 0.753. The number of ketones is 1. The van der Waals surface area contributed by atoms with Crippen LogP contribution in [0.2, 0.25) is 0 Å². The molecule has 1 N–H and O–H groups in total. The molecular weight excluding hydrogens is 164 g/mol. The molecule has 1 saturated carbocycles. The maximum absolute atomic E-state index is 11.3. The van der Waals surface area contributed by atoms with Crippen molar-refractivity contribution in [2.75, 3.05) is 6.61 Å². The van der Waals surface area contributed by atoms with Crippen molar-refractivity contribution in [3.8, 4) is 0 Å². The molecule has 0 heterocycles. The van der Waals surface area contributed by atoms with Gasteiger partial charge in [-0.3, -0.25) is 4.79 Å². The van der Waals surface area contributed by atoms with Crippen LogP contribution in [0.4, 0.5) is 0 Å². The molecule has 1 rings (SSSR count). The number of rotatable bonds is 1. The molecule has 0 amide bonds. The third-order valence-corrected chi connectivity index (χ3v) is 3.21. The fourth-order valence-electron chi connectivity index (χ4n) is 2.08. The highest BCUT2D eigenvalue weighted by molar-refractivity contribution is 5.81. The highest BCUT2D eigenvalue weighted by Crippen LogP contribution is 2.38. The van der Waals surface area contributed by atoms with Gasteiger partial charge in [0, 0.05) is 12.3 Å². The first kappa shape index (κ1) is 10.7. The van der Waals surface area contributed by atoms with Crippen LogP contribution in [0.15, 0.2) is 0 Å². The van der Waals surface area contributed by atoms with Gasteiger partial charge in [-0.2, -0.15) is 0 Å². The number of carbonyl (C=O) groups is 1. The largest absolute Gasteiger partial charge is 0.396 e. The molecule has 76 valence electrons. The molecule has 13 heavy (non-hydrogen) atoms. The topological polar surface area (TPSA) is 37.3 Å². The van der Waals surface area contributed by atoms with Gasteiger partial charge in [0.2, 0.25) is 0 Å². The SMILES string of the molecule is CC(C)(C)[C@H]1CCC(=O)[C@@H](CO)C1.